The van der Waals surface area contributed by atoms with Crippen LogP contribution < -0.4 is 5.32 Å². The van der Waals surface area contributed by atoms with Crippen molar-refractivity contribution >= 4 is 40.5 Å². The van der Waals surface area contributed by atoms with Crippen molar-refractivity contribution in [2.75, 3.05) is 25.5 Å². The summed E-state index contributed by atoms with van der Waals surface area (Å²) in [5, 5.41) is 5.17. The van der Waals surface area contributed by atoms with E-state index in [1.807, 2.05) is 66.7 Å². The number of furan rings is 1. The summed E-state index contributed by atoms with van der Waals surface area (Å²) in [5.74, 6) is 0.227. The highest BCUT2D eigenvalue weighted by atomic mass is 35.5. The molecule has 1 aliphatic rings. The van der Waals surface area contributed by atoms with Crippen molar-refractivity contribution in [3.63, 3.8) is 0 Å². The number of methoxy groups -OCH3 is 1. The van der Waals surface area contributed by atoms with Gasteiger partial charge in [-0.2, -0.15) is 0 Å². The number of esters is 1. The van der Waals surface area contributed by atoms with Gasteiger partial charge in [-0.1, -0.05) is 41.9 Å². The molecular weight excluding hydrogens is 464 g/mol. The second kappa shape index (κ2) is 9.80. The molecule has 5 rings (SSSR count). The number of fused-ring (bicyclic) bond motifs is 1. The molecule has 0 bridgehead atoms. The zero-order chi connectivity index (χ0) is 24.3. The normalized spacial score (nSPS) is 19.3. The summed E-state index contributed by atoms with van der Waals surface area (Å²) in [4.78, 5) is 24.4. The summed E-state index contributed by atoms with van der Waals surface area (Å²) in [7, 11) is 1.39. The smallest absolute Gasteiger partial charge is 0.341 e. The van der Waals surface area contributed by atoms with Gasteiger partial charge < -0.3 is 19.4 Å². The molecule has 0 saturated heterocycles. The highest BCUT2D eigenvalue weighted by Crippen LogP contribution is 2.47. The summed E-state index contributed by atoms with van der Waals surface area (Å²) >= 11 is 6.11. The number of aromatic nitrogens is 1. The molecule has 4 aromatic rings. The topological polar surface area (TPSA) is 80.0 Å². The lowest BCUT2D eigenvalue weighted by atomic mass is 9.82. The molecule has 178 valence electrons. The summed E-state index contributed by atoms with van der Waals surface area (Å²) in [5.41, 5.74) is 1.35. The third-order valence-corrected chi connectivity index (χ3v) is 6.51. The third-order valence-electron chi connectivity index (χ3n) is 6.27. The molecule has 0 aliphatic carbocycles. The lowest BCUT2D eigenvalue weighted by Crippen LogP contribution is -2.43. The van der Waals surface area contributed by atoms with Crippen molar-refractivity contribution in [1.29, 1.82) is 0 Å². The predicted octanol–water partition coefficient (Wildman–Crippen LogP) is 5.44. The molecule has 1 aliphatic heterocycles. The minimum absolute atomic E-state index is 0.427. The Labute approximate surface area is 208 Å². The van der Waals surface area contributed by atoms with Gasteiger partial charge >= 0.3 is 5.97 Å². The number of rotatable bonds is 8. The maximum absolute atomic E-state index is 13.2. The molecule has 0 fully saturated rings. The first-order chi connectivity index (χ1) is 17.1. The fourth-order valence-electron chi connectivity index (χ4n) is 4.67. The number of pyridine rings is 1. The molecule has 2 aromatic heterocycles. The lowest BCUT2D eigenvalue weighted by Gasteiger charge is -2.34. The molecule has 7 nitrogen and oxygen atoms in total. The fraction of sp³-hybridized carbons (Fsp3) is 0.222. The summed E-state index contributed by atoms with van der Waals surface area (Å²) in [6.45, 7) is 1.37. The Morgan fingerprint density at radius 1 is 1.17 bits per heavy atom. The van der Waals surface area contributed by atoms with E-state index in [4.69, 9.17) is 25.7 Å². The van der Waals surface area contributed by atoms with Crippen LogP contribution in [0, 0.1) is 0 Å². The highest BCUT2D eigenvalue weighted by Gasteiger charge is 2.55. The van der Waals surface area contributed by atoms with Gasteiger partial charge in [0.05, 0.1) is 25.2 Å². The first kappa shape index (κ1) is 22.9. The van der Waals surface area contributed by atoms with E-state index in [-0.39, 0.29) is 0 Å². The Balaban J connectivity index is 1.36. The number of carbonyl (C=O) groups is 1. The third kappa shape index (κ3) is 4.23. The Hall–Kier alpha value is -3.84. The van der Waals surface area contributed by atoms with Crippen LogP contribution in [0.25, 0.3) is 10.9 Å². The van der Waals surface area contributed by atoms with Crippen LogP contribution in [-0.4, -0.2) is 42.4 Å². The van der Waals surface area contributed by atoms with Gasteiger partial charge in [0, 0.05) is 35.4 Å². The van der Waals surface area contributed by atoms with E-state index < -0.39 is 17.6 Å². The molecule has 2 unspecified atom stereocenters. The molecule has 8 heteroatoms. The monoisotopic (exact) mass is 488 g/mol. The van der Waals surface area contributed by atoms with E-state index in [1.54, 1.807) is 18.8 Å². The number of aliphatic imine (C=N–C) groups is 1. The second-order valence-corrected chi connectivity index (χ2v) is 8.76. The highest BCUT2D eigenvalue weighted by molar-refractivity contribution is 6.31. The van der Waals surface area contributed by atoms with Gasteiger partial charge in [-0.25, -0.2) is 9.79 Å². The largest absolute Gasteiger partial charge is 0.467 e. The van der Waals surface area contributed by atoms with Crippen LogP contribution >= 0.6 is 11.6 Å². The van der Waals surface area contributed by atoms with Crippen LogP contribution in [0.1, 0.15) is 23.8 Å². The number of halogens is 1. The number of nitrogens with one attached hydrogen (secondary N) is 1. The molecule has 0 amide bonds. The van der Waals surface area contributed by atoms with Crippen LogP contribution in [-0.2, 0) is 15.1 Å². The van der Waals surface area contributed by atoms with Crippen molar-refractivity contribution in [3.8, 4) is 0 Å². The minimum atomic E-state index is -1.25. The van der Waals surface area contributed by atoms with Crippen molar-refractivity contribution < 1.29 is 13.9 Å². The Morgan fingerprint density at radius 2 is 2.03 bits per heavy atom. The molecule has 0 saturated carbocycles. The van der Waals surface area contributed by atoms with Crippen molar-refractivity contribution in [2.24, 2.45) is 4.99 Å². The number of nitrogens with zero attached hydrogens (tertiary/aromatic N) is 3. The van der Waals surface area contributed by atoms with E-state index in [1.165, 1.54) is 7.11 Å². The van der Waals surface area contributed by atoms with Crippen LogP contribution in [0.3, 0.4) is 0 Å². The van der Waals surface area contributed by atoms with Gasteiger partial charge in [-0.3, -0.25) is 4.98 Å². The van der Waals surface area contributed by atoms with Gasteiger partial charge in [0.15, 0.2) is 0 Å². The Morgan fingerprint density at radius 3 is 2.80 bits per heavy atom. The summed E-state index contributed by atoms with van der Waals surface area (Å²) in [6.07, 6.45) is 5.92. The molecule has 0 radical (unpaired) electrons. The Bertz CT molecular complexity index is 1340. The fourth-order valence-corrected chi connectivity index (χ4v) is 4.83. The molecule has 3 heterocycles. The van der Waals surface area contributed by atoms with E-state index in [9.17, 15) is 4.79 Å². The maximum Gasteiger partial charge on any atom is 0.341 e. The zero-order valence-corrected chi connectivity index (χ0v) is 20.0. The quantitative estimate of drug-likeness (QED) is 0.263. The number of hydrogen-bond acceptors (Lipinski definition) is 7. The number of ether oxygens (including phenoxy) is 1. The molecule has 2 atom stereocenters. The van der Waals surface area contributed by atoms with Crippen molar-refractivity contribution in [2.45, 2.75) is 18.0 Å². The first-order valence-electron chi connectivity index (χ1n) is 11.4. The van der Waals surface area contributed by atoms with Crippen LogP contribution in [0.4, 0.5) is 5.69 Å². The number of carbonyl (C=O) groups excluding carboxylic acids is 1. The SMILES string of the molecule is COC(=O)C1(c2ccccc2)N=CN(CCCNc2ccnc3cc(Cl)ccc23)C1c1ccco1. The van der Waals surface area contributed by atoms with E-state index >= 15 is 0 Å². The van der Waals surface area contributed by atoms with Gasteiger partial charge in [0.25, 0.3) is 0 Å². The average molecular weight is 489 g/mol. The minimum Gasteiger partial charge on any atom is -0.467 e. The van der Waals surface area contributed by atoms with Gasteiger partial charge in [0.1, 0.15) is 11.8 Å². The number of anilines is 1. The summed E-state index contributed by atoms with van der Waals surface area (Å²) in [6, 6.07) is 20.4. The van der Waals surface area contributed by atoms with Crippen molar-refractivity contribution in [3.05, 3.63) is 95.5 Å². The van der Waals surface area contributed by atoms with Crippen molar-refractivity contribution in [1.82, 2.24) is 9.88 Å². The number of hydrogen-bond donors (Lipinski definition) is 1. The average Bonchev–Trinajstić information content (AvgIpc) is 3.55. The molecule has 1 N–H and O–H groups in total. The maximum atomic E-state index is 13.2. The van der Waals surface area contributed by atoms with Gasteiger partial charge in [0.2, 0.25) is 5.54 Å². The van der Waals surface area contributed by atoms with E-state index in [0.29, 0.717) is 23.9 Å². The predicted molar refractivity (Wildman–Crippen MR) is 137 cm³/mol. The van der Waals surface area contributed by atoms with E-state index in [0.717, 1.165) is 28.6 Å². The molecule has 2 aromatic carbocycles. The first-order valence-corrected chi connectivity index (χ1v) is 11.8. The standard InChI is InChI=1S/C27H25ClN4O3/c1-34-26(33)27(19-7-3-2-4-8-19)25(24-9-5-16-35-24)32(18-31-27)15-6-13-29-22-12-14-30-23-17-20(28)10-11-21(22)23/h2-5,7-12,14,16-18,25H,6,13,15H2,1H3,(H,29,30). The number of benzene rings is 2. The zero-order valence-electron chi connectivity index (χ0n) is 19.2. The molecule has 0 spiro atoms. The van der Waals surface area contributed by atoms with Gasteiger partial charge in [-0.05, 0) is 48.4 Å². The Kier molecular flexibility index (Phi) is 6.42. The van der Waals surface area contributed by atoms with Gasteiger partial charge in [-0.15, -0.1) is 0 Å². The molecular formula is C27H25ClN4O3. The van der Waals surface area contributed by atoms with Crippen LogP contribution in [0.5, 0.6) is 0 Å². The van der Waals surface area contributed by atoms with Crippen LogP contribution in [0.2, 0.25) is 5.02 Å². The molecule has 35 heavy (non-hydrogen) atoms. The summed E-state index contributed by atoms with van der Waals surface area (Å²) < 4.78 is 11.0. The van der Waals surface area contributed by atoms with Crippen LogP contribution in [0.15, 0.2) is 88.6 Å². The lowest BCUT2D eigenvalue weighted by molar-refractivity contribution is -0.149. The van der Waals surface area contributed by atoms with E-state index in [2.05, 4.69) is 15.2 Å². The second-order valence-electron chi connectivity index (χ2n) is 8.32.